The molecule has 3 heterocycles. The molecule has 0 bridgehead atoms. The number of fused-ring (bicyclic) bond motifs is 2. The summed E-state index contributed by atoms with van der Waals surface area (Å²) in [6.45, 7) is 2.06. The number of carbonyl (C=O) groups excluding carboxylic acids is 1. The number of aryl methyl sites for hydroxylation is 1. The summed E-state index contributed by atoms with van der Waals surface area (Å²) < 4.78 is 1.02. The third-order valence-electron chi connectivity index (χ3n) is 5.85. The number of aromatic nitrogens is 2. The number of para-hydroxylation sites is 1. The van der Waals surface area contributed by atoms with Crippen LogP contribution >= 0.6 is 22.7 Å². The zero-order chi connectivity index (χ0) is 23.9. The molecular formula is C28H20N4OS2. The highest BCUT2D eigenvalue weighted by atomic mass is 32.1. The minimum absolute atomic E-state index is 0.277. The third-order valence-corrected chi connectivity index (χ3v) is 7.90. The largest absolute Gasteiger partial charge is 0.397 e. The van der Waals surface area contributed by atoms with Crippen molar-refractivity contribution in [3.63, 3.8) is 0 Å². The predicted molar refractivity (Wildman–Crippen MR) is 147 cm³/mol. The van der Waals surface area contributed by atoms with Crippen LogP contribution in [0.15, 0.2) is 84.9 Å². The number of benzene rings is 3. The number of pyridine rings is 1. The van der Waals surface area contributed by atoms with Crippen molar-refractivity contribution in [3.05, 3.63) is 95.4 Å². The van der Waals surface area contributed by atoms with Gasteiger partial charge in [0.25, 0.3) is 5.91 Å². The fraction of sp³-hybridized carbons (Fsp3) is 0.0357. The Kier molecular flexibility index (Phi) is 5.28. The number of nitrogens with one attached hydrogen (secondary N) is 1. The Labute approximate surface area is 209 Å². The summed E-state index contributed by atoms with van der Waals surface area (Å²) in [6.07, 6.45) is 0. The Hall–Kier alpha value is -4.07. The van der Waals surface area contributed by atoms with Crippen LogP contribution in [0, 0.1) is 6.92 Å². The molecule has 0 spiro atoms. The fourth-order valence-electron chi connectivity index (χ4n) is 4.09. The molecule has 0 saturated heterocycles. The van der Waals surface area contributed by atoms with E-state index in [9.17, 15) is 4.79 Å². The van der Waals surface area contributed by atoms with Gasteiger partial charge >= 0.3 is 0 Å². The van der Waals surface area contributed by atoms with Crippen LogP contribution in [0.3, 0.4) is 0 Å². The molecule has 6 aromatic rings. The summed E-state index contributed by atoms with van der Waals surface area (Å²) in [5, 5.41) is 4.28. The molecule has 35 heavy (non-hydrogen) atoms. The molecule has 3 aromatic heterocycles. The van der Waals surface area contributed by atoms with Crippen LogP contribution in [0.4, 0.5) is 10.8 Å². The Morgan fingerprint density at radius 1 is 0.857 bits per heavy atom. The molecule has 1 amide bonds. The second kappa shape index (κ2) is 8.61. The highest BCUT2D eigenvalue weighted by Gasteiger charge is 2.22. The fourth-order valence-corrected chi connectivity index (χ4v) is 5.96. The summed E-state index contributed by atoms with van der Waals surface area (Å²) in [7, 11) is 0. The van der Waals surface area contributed by atoms with Gasteiger partial charge in [-0.2, -0.15) is 0 Å². The molecule has 3 N–H and O–H groups in total. The van der Waals surface area contributed by atoms with Gasteiger partial charge in [-0.15, -0.1) is 11.3 Å². The number of nitrogens with two attached hydrogens (primary N) is 1. The monoisotopic (exact) mass is 492 g/mol. The Morgan fingerprint density at radius 3 is 2.37 bits per heavy atom. The lowest BCUT2D eigenvalue weighted by Gasteiger charge is -2.09. The third kappa shape index (κ3) is 3.95. The van der Waals surface area contributed by atoms with Crippen molar-refractivity contribution in [1.29, 1.82) is 0 Å². The van der Waals surface area contributed by atoms with E-state index in [2.05, 4.69) is 47.6 Å². The van der Waals surface area contributed by atoms with Gasteiger partial charge in [0, 0.05) is 10.9 Å². The summed E-state index contributed by atoms with van der Waals surface area (Å²) in [5.41, 5.74) is 12.9. The number of thiophene rings is 1. The zero-order valence-electron chi connectivity index (χ0n) is 18.8. The second-order valence-electron chi connectivity index (χ2n) is 8.25. The first-order valence-electron chi connectivity index (χ1n) is 11.1. The number of hydrogen-bond acceptors (Lipinski definition) is 6. The minimum atomic E-state index is -0.277. The number of nitrogens with zero attached hydrogens (tertiary/aromatic N) is 2. The van der Waals surface area contributed by atoms with E-state index in [1.54, 1.807) is 0 Å². The van der Waals surface area contributed by atoms with E-state index in [4.69, 9.17) is 10.7 Å². The predicted octanol–water partition coefficient (Wildman–Crippen LogP) is 7.38. The van der Waals surface area contributed by atoms with Gasteiger partial charge < -0.3 is 5.73 Å². The standard InChI is InChI=1S/C28H20N4OS2/c1-16-11-13-17(14-12-16)19-15-21(18-7-3-2-4-8-18)30-27-23(19)24(29)25(35-27)26(33)32-28-31-20-9-5-6-10-22(20)34-28/h2-15H,29H2,1H3,(H,31,32,33). The number of hydrogen-bond donors (Lipinski definition) is 2. The van der Waals surface area contributed by atoms with Crippen molar-refractivity contribution < 1.29 is 4.79 Å². The molecule has 0 aliphatic heterocycles. The van der Waals surface area contributed by atoms with Crippen LogP contribution in [0.2, 0.25) is 0 Å². The van der Waals surface area contributed by atoms with Crippen molar-refractivity contribution >= 4 is 59.8 Å². The van der Waals surface area contributed by atoms with Gasteiger partial charge in [-0.3, -0.25) is 10.1 Å². The van der Waals surface area contributed by atoms with Gasteiger partial charge in [0.05, 0.1) is 21.6 Å². The number of anilines is 2. The number of amides is 1. The van der Waals surface area contributed by atoms with Crippen molar-refractivity contribution in [2.24, 2.45) is 0 Å². The van der Waals surface area contributed by atoms with Crippen molar-refractivity contribution in [1.82, 2.24) is 9.97 Å². The maximum Gasteiger partial charge on any atom is 0.269 e. The molecule has 6 rings (SSSR count). The zero-order valence-corrected chi connectivity index (χ0v) is 20.4. The molecule has 170 valence electrons. The molecule has 0 aliphatic carbocycles. The van der Waals surface area contributed by atoms with Crippen LogP contribution in [0.5, 0.6) is 0 Å². The second-order valence-corrected chi connectivity index (χ2v) is 10.3. The summed E-state index contributed by atoms with van der Waals surface area (Å²) >= 11 is 2.75. The van der Waals surface area contributed by atoms with Gasteiger partial charge in [0.15, 0.2) is 5.13 Å². The Bertz CT molecular complexity index is 1670. The van der Waals surface area contributed by atoms with E-state index >= 15 is 0 Å². The van der Waals surface area contributed by atoms with E-state index in [0.29, 0.717) is 15.7 Å². The Balaban J connectivity index is 1.48. The van der Waals surface area contributed by atoms with Gasteiger partial charge in [0.1, 0.15) is 9.71 Å². The molecule has 7 heteroatoms. The first-order valence-corrected chi connectivity index (χ1v) is 12.7. The van der Waals surface area contributed by atoms with Crippen molar-refractivity contribution in [2.45, 2.75) is 6.92 Å². The maximum absolute atomic E-state index is 13.3. The summed E-state index contributed by atoms with van der Waals surface area (Å²) in [4.78, 5) is 23.9. The molecule has 0 fully saturated rings. The average Bonchev–Trinajstić information content (AvgIpc) is 3.44. The number of nitrogen functional groups attached to an aromatic ring is 1. The van der Waals surface area contributed by atoms with Crippen LogP contribution in [0.1, 0.15) is 15.2 Å². The first kappa shape index (κ1) is 21.5. The molecule has 0 unspecified atom stereocenters. The topological polar surface area (TPSA) is 80.9 Å². The Morgan fingerprint density at radius 2 is 1.60 bits per heavy atom. The van der Waals surface area contributed by atoms with E-state index < -0.39 is 0 Å². The SMILES string of the molecule is Cc1ccc(-c2cc(-c3ccccc3)nc3sc(C(=O)Nc4nc5ccccc5s4)c(N)c23)cc1. The quantitative estimate of drug-likeness (QED) is 0.269. The van der Waals surface area contributed by atoms with E-state index in [0.717, 1.165) is 42.8 Å². The van der Waals surface area contributed by atoms with E-state index in [-0.39, 0.29) is 5.91 Å². The molecule has 0 atom stereocenters. The van der Waals surface area contributed by atoms with Crippen molar-refractivity contribution in [2.75, 3.05) is 11.1 Å². The first-order chi connectivity index (χ1) is 17.1. The molecule has 3 aromatic carbocycles. The highest BCUT2D eigenvalue weighted by Crippen LogP contribution is 2.41. The highest BCUT2D eigenvalue weighted by molar-refractivity contribution is 7.23. The van der Waals surface area contributed by atoms with E-state index in [1.807, 2.05) is 54.6 Å². The van der Waals surface area contributed by atoms with Crippen molar-refractivity contribution in [3.8, 4) is 22.4 Å². The molecule has 5 nitrogen and oxygen atoms in total. The number of carbonyl (C=O) groups is 1. The lowest BCUT2D eigenvalue weighted by molar-refractivity contribution is 0.103. The average molecular weight is 493 g/mol. The number of thiazole rings is 1. The van der Waals surface area contributed by atoms with E-state index in [1.165, 1.54) is 28.2 Å². The van der Waals surface area contributed by atoms with Crippen LogP contribution in [-0.4, -0.2) is 15.9 Å². The van der Waals surface area contributed by atoms with Gasteiger partial charge in [-0.05, 0) is 36.2 Å². The van der Waals surface area contributed by atoms with Gasteiger partial charge in [-0.1, -0.05) is 83.6 Å². The van der Waals surface area contributed by atoms with Crippen LogP contribution < -0.4 is 11.1 Å². The minimum Gasteiger partial charge on any atom is -0.397 e. The molecule has 0 saturated carbocycles. The van der Waals surface area contributed by atoms with Crippen LogP contribution in [-0.2, 0) is 0 Å². The summed E-state index contributed by atoms with van der Waals surface area (Å²) in [6, 6.07) is 28.2. The lowest BCUT2D eigenvalue weighted by atomic mass is 9.99. The maximum atomic E-state index is 13.3. The molecule has 0 aliphatic rings. The molecule has 0 radical (unpaired) electrons. The van der Waals surface area contributed by atoms with Crippen LogP contribution in [0.25, 0.3) is 42.8 Å². The number of rotatable bonds is 4. The van der Waals surface area contributed by atoms with Gasteiger partial charge in [-0.25, -0.2) is 9.97 Å². The lowest BCUT2D eigenvalue weighted by Crippen LogP contribution is -2.11. The van der Waals surface area contributed by atoms with Gasteiger partial charge in [0.2, 0.25) is 0 Å². The molecular weight excluding hydrogens is 472 g/mol. The summed E-state index contributed by atoms with van der Waals surface area (Å²) in [5.74, 6) is -0.277. The normalized spacial score (nSPS) is 11.2. The smallest absolute Gasteiger partial charge is 0.269 e.